The highest BCUT2D eigenvalue weighted by Gasteiger charge is 2.08. The standard InChI is InChI=1S/C16H15ClN2O2/c1-3-20-10-5-6-12-13(7-10)19-14-8-11(17)16(21-4-2)9-15(14)18-12/h5-9H,3-4H2,1-2H3. The van der Waals surface area contributed by atoms with Crippen LogP contribution >= 0.6 is 11.6 Å². The molecule has 21 heavy (non-hydrogen) atoms. The Morgan fingerprint density at radius 1 is 0.857 bits per heavy atom. The van der Waals surface area contributed by atoms with E-state index in [1.54, 1.807) is 6.07 Å². The predicted octanol–water partition coefficient (Wildman–Crippen LogP) is 4.23. The Morgan fingerprint density at radius 3 is 2.29 bits per heavy atom. The zero-order valence-electron chi connectivity index (χ0n) is 11.9. The second-order valence-corrected chi connectivity index (χ2v) is 4.92. The minimum atomic E-state index is 0.541. The minimum Gasteiger partial charge on any atom is -0.494 e. The molecule has 3 aromatic rings. The number of rotatable bonds is 4. The molecule has 4 nitrogen and oxygen atoms in total. The lowest BCUT2D eigenvalue weighted by atomic mass is 10.2. The lowest BCUT2D eigenvalue weighted by Gasteiger charge is -2.08. The maximum Gasteiger partial charge on any atom is 0.140 e. The normalized spacial score (nSPS) is 11.0. The van der Waals surface area contributed by atoms with Crippen molar-refractivity contribution in [3.8, 4) is 11.5 Å². The highest BCUT2D eigenvalue weighted by Crippen LogP contribution is 2.30. The number of aromatic nitrogens is 2. The van der Waals surface area contributed by atoms with Gasteiger partial charge in [-0.05, 0) is 32.0 Å². The van der Waals surface area contributed by atoms with E-state index in [1.807, 2.05) is 38.1 Å². The summed E-state index contributed by atoms with van der Waals surface area (Å²) in [5.41, 5.74) is 3.11. The number of fused-ring (bicyclic) bond motifs is 2. The summed E-state index contributed by atoms with van der Waals surface area (Å²) in [4.78, 5) is 9.21. The molecule has 0 aliphatic carbocycles. The van der Waals surface area contributed by atoms with Crippen molar-refractivity contribution in [1.82, 2.24) is 9.97 Å². The summed E-state index contributed by atoms with van der Waals surface area (Å²) >= 11 is 6.20. The highest BCUT2D eigenvalue weighted by atomic mass is 35.5. The highest BCUT2D eigenvalue weighted by molar-refractivity contribution is 6.32. The lowest BCUT2D eigenvalue weighted by Crippen LogP contribution is -1.95. The molecule has 0 unspecified atom stereocenters. The van der Waals surface area contributed by atoms with Crippen LogP contribution in [0.15, 0.2) is 30.3 Å². The van der Waals surface area contributed by atoms with Crippen molar-refractivity contribution >= 4 is 33.7 Å². The number of nitrogens with zero attached hydrogens (tertiary/aromatic N) is 2. The Hall–Kier alpha value is -2.07. The molecule has 0 spiro atoms. The minimum absolute atomic E-state index is 0.541. The van der Waals surface area contributed by atoms with Crippen LogP contribution in [0.3, 0.4) is 0 Å². The summed E-state index contributed by atoms with van der Waals surface area (Å²) in [5, 5.41) is 0.541. The molecule has 0 aliphatic heterocycles. The molecule has 108 valence electrons. The molecule has 0 saturated heterocycles. The molecular formula is C16H15ClN2O2. The van der Waals surface area contributed by atoms with Crippen molar-refractivity contribution in [2.75, 3.05) is 13.2 Å². The molecule has 1 heterocycles. The van der Waals surface area contributed by atoms with Gasteiger partial charge in [0, 0.05) is 12.1 Å². The van der Waals surface area contributed by atoms with Gasteiger partial charge in [-0.25, -0.2) is 9.97 Å². The van der Waals surface area contributed by atoms with E-state index in [0.29, 0.717) is 24.0 Å². The molecule has 1 aromatic heterocycles. The summed E-state index contributed by atoms with van der Waals surface area (Å²) in [7, 11) is 0. The number of benzene rings is 2. The topological polar surface area (TPSA) is 44.2 Å². The third-order valence-electron chi connectivity index (χ3n) is 3.07. The van der Waals surface area contributed by atoms with Gasteiger partial charge in [0.25, 0.3) is 0 Å². The molecule has 0 amide bonds. The molecular weight excluding hydrogens is 288 g/mol. The Kier molecular flexibility index (Phi) is 3.80. The number of hydrogen-bond donors (Lipinski definition) is 0. The molecule has 0 N–H and O–H groups in total. The van der Waals surface area contributed by atoms with Crippen LogP contribution in [-0.4, -0.2) is 23.2 Å². The molecule has 5 heteroatoms. The first kappa shape index (κ1) is 13.9. The van der Waals surface area contributed by atoms with Gasteiger partial charge in [0.2, 0.25) is 0 Å². The average molecular weight is 303 g/mol. The van der Waals surface area contributed by atoms with Crippen molar-refractivity contribution in [2.45, 2.75) is 13.8 Å². The monoisotopic (exact) mass is 302 g/mol. The molecule has 0 aliphatic rings. The summed E-state index contributed by atoms with van der Waals surface area (Å²) in [6.45, 7) is 5.05. The Morgan fingerprint density at radius 2 is 1.52 bits per heavy atom. The number of ether oxygens (including phenoxy) is 2. The average Bonchev–Trinajstić information content (AvgIpc) is 2.47. The van der Waals surface area contributed by atoms with E-state index in [-0.39, 0.29) is 0 Å². The van der Waals surface area contributed by atoms with Crippen LogP contribution in [0, 0.1) is 0 Å². The first-order valence-corrected chi connectivity index (χ1v) is 7.25. The zero-order chi connectivity index (χ0) is 14.8. The van der Waals surface area contributed by atoms with Gasteiger partial charge in [-0.15, -0.1) is 0 Å². The Labute approximate surface area is 127 Å². The second-order valence-electron chi connectivity index (χ2n) is 4.51. The van der Waals surface area contributed by atoms with E-state index in [9.17, 15) is 0 Å². The van der Waals surface area contributed by atoms with Crippen LogP contribution in [0.4, 0.5) is 0 Å². The van der Waals surface area contributed by atoms with Gasteiger partial charge < -0.3 is 9.47 Å². The number of hydrogen-bond acceptors (Lipinski definition) is 4. The van der Waals surface area contributed by atoms with Crippen LogP contribution in [0.5, 0.6) is 11.5 Å². The molecule has 0 saturated carbocycles. The van der Waals surface area contributed by atoms with Crippen molar-refractivity contribution in [3.05, 3.63) is 35.4 Å². The quantitative estimate of drug-likeness (QED) is 0.676. The summed E-state index contributed by atoms with van der Waals surface area (Å²) in [5.74, 6) is 1.42. The third kappa shape index (κ3) is 2.72. The van der Waals surface area contributed by atoms with Crippen LogP contribution in [0.1, 0.15) is 13.8 Å². The maximum atomic E-state index is 6.20. The van der Waals surface area contributed by atoms with E-state index in [2.05, 4.69) is 9.97 Å². The third-order valence-corrected chi connectivity index (χ3v) is 3.36. The first-order valence-electron chi connectivity index (χ1n) is 6.88. The smallest absolute Gasteiger partial charge is 0.140 e. The predicted molar refractivity (Wildman–Crippen MR) is 84.4 cm³/mol. The first-order chi connectivity index (χ1) is 10.2. The van der Waals surface area contributed by atoms with Crippen molar-refractivity contribution in [1.29, 1.82) is 0 Å². The molecule has 0 bridgehead atoms. The summed E-state index contributed by atoms with van der Waals surface area (Å²) in [6.07, 6.45) is 0. The van der Waals surface area contributed by atoms with Gasteiger partial charge in [-0.2, -0.15) is 0 Å². The Bertz CT molecular complexity index is 805. The SMILES string of the molecule is CCOc1ccc2nc3cc(OCC)c(Cl)cc3nc2c1. The van der Waals surface area contributed by atoms with Gasteiger partial charge in [-0.1, -0.05) is 11.6 Å². The molecule has 2 aromatic carbocycles. The van der Waals surface area contributed by atoms with Gasteiger partial charge >= 0.3 is 0 Å². The van der Waals surface area contributed by atoms with Crippen molar-refractivity contribution < 1.29 is 9.47 Å². The molecule has 3 rings (SSSR count). The van der Waals surface area contributed by atoms with Crippen LogP contribution in [-0.2, 0) is 0 Å². The van der Waals surface area contributed by atoms with Crippen molar-refractivity contribution in [3.63, 3.8) is 0 Å². The van der Waals surface area contributed by atoms with E-state index in [0.717, 1.165) is 27.8 Å². The molecule has 0 fully saturated rings. The summed E-state index contributed by atoms with van der Waals surface area (Å²) < 4.78 is 11.0. The van der Waals surface area contributed by atoms with E-state index in [1.165, 1.54) is 0 Å². The zero-order valence-corrected chi connectivity index (χ0v) is 12.6. The largest absolute Gasteiger partial charge is 0.494 e. The fourth-order valence-electron chi connectivity index (χ4n) is 2.18. The Balaban J connectivity index is 2.17. The fourth-order valence-corrected chi connectivity index (χ4v) is 2.39. The van der Waals surface area contributed by atoms with E-state index in [4.69, 9.17) is 21.1 Å². The second kappa shape index (κ2) is 5.74. The van der Waals surface area contributed by atoms with E-state index < -0.39 is 0 Å². The van der Waals surface area contributed by atoms with Gasteiger partial charge in [-0.3, -0.25) is 0 Å². The van der Waals surface area contributed by atoms with Gasteiger partial charge in [0.15, 0.2) is 0 Å². The molecule has 0 atom stereocenters. The van der Waals surface area contributed by atoms with Crippen LogP contribution < -0.4 is 9.47 Å². The van der Waals surface area contributed by atoms with Crippen LogP contribution in [0.25, 0.3) is 22.1 Å². The van der Waals surface area contributed by atoms with Crippen LogP contribution in [0.2, 0.25) is 5.02 Å². The maximum absolute atomic E-state index is 6.20. The fraction of sp³-hybridized carbons (Fsp3) is 0.250. The summed E-state index contributed by atoms with van der Waals surface area (Å²) in [6, 6.07) is 9.29. The van der Waals surface area contributed by atoms with Crippen molar-refractivity contribution in [2.24, 2.45) is 0 Å². The van der Waals surface area contributed by atoms with E-state index >= 15 is 0 Å². The van der Waals surface area contributed by atoms with Gasteiger partial charge in [0.1, 0.15) is 11.5 Å². The number of halogens is 1. The van der Waals surface area contributed by atoms with Gasteiger partial charge in [0.05, 0.1) is 40.3 Å². The molecule has 0 radical (unpaired) electrons. The lowest BCUT2D eigenvalue weighted by molar-refractivity contribution is 0.340.